The normalized spacial score (nSPS) is 9.94. The van der Waals surface area contributed by atoms with Crippen LogP contribution in [0.15, 0.2) is 48.5 Å². The summed E-state index contributed by atoms with van der Waals surface area (Å²) in [6, 6.07) is 14.8. The van der Waals surface area contributed by atoms with Crippen LogP contribution in [-0.2, 0) is 6.61 Å². The van der Waals surface area contributed by atoms with Crippen molar-refractivity contribution in [3.8, 4) is 17.2 Å². The molecule has 2 rings (SSSR count). The Morgan fingerprint density at radius 1 is 1.06 bits per heavy atom. The van der Waals surface area contributed by atoms with E-state index in [0.717, 1.165) is 11.3 Å². The molecule has 17 heavy (non-hydrogen) atoms. The molecule has 0 bridgehead atoms. The summed E-state index contributed by atoms with van der Waals surface area (Å²) in [5.41, 5.74) is 0.948. The molecule has 0 saturated heterocycles. The monoisotopic (exact) mass is 230 g/mol. The number of hydrogen-bond acceptors (Lipinski definition) is 3. The van der Waals surface area contributed by atoms with Crippen LogP contribution < -0.4 is 9.47 Å². The van der Waals surface area contributed by atoms with E-state index >= 15 is 0 Å². The molecular formula is C14H14O3. The van der Waals surface area contributed by atoms with E-state index in [9.17, 15) is 5.11 Å². The molecule has 0 amide bonds. The molecule has 2 aromatic carbocycles. The predicted molar refractivity (Wildman–Crippen MR) is 65.4 cm³/mol. The van der Waals surface area contributed by atoms with Gasteiger partial charge in [0, 0.05) is 0 Å². The smallest absolute Gasteiger partial charge is 0.160 e. The van der Waals surface area contributed by atoms with Crippen LogP contribution in [0, 0.1) is 0 Å². The van der Waals surface area contributed by atoms with Gasteiger partial charge < -0.3 is 14.6 Å². The topological polar surface area (TPSA) is 38.7 Å². The zero-order chi connectivity index (χ0) is 12.1. The van der Waals surface area contributed by atoms with Crippen molar-refractivity contribution in [3.05, 3.63) is 54.1 Å². The van der Waals surface area contributed by atoms with E-state index in [1.54, 1.807) is 18.2 Å². The fraction of sp³-hybridized carbons (Fsp3) is 0.143. The summed E-state index contributed by atoms with van der Waals surface area (Å²) >= 11 is 0. The second-order valence-corrected chi connectivity index (χ2v) is 3.61. The van der Waals surface area contributed by atoms with E-state index in [2.05, 4.69) is 0 Å². The summed E-state index contributed by atoms with van der Waals surface area (Å²) in [4.78, 5) is 0. The highest BCUT2D eigenvalue weighted by atomic mass is 16.5. The second kappa shape index (κ2) is 5.25. The summed E-state index contributed by atoms with van der Waals surface area (Å²) in [6.45, 7) is 0.445. The van der Waals surface area contributed by atoms with Crippen molar-refractivity contribution in [2.75, 3.05) is 7.11 Å². The summed E-state index contributed by atoms with van der Waals surface area (Å²) in [5, 5.41) is 9.45. The lowest BCUT2D eigenvalue weighted by Gasteiger charge is -2.08. The maximum Gasteiger partial charge on any atom is 0.160 e. The molecule has 0 heterocycles. The Morgan fingerprint density at radius 3 is 2.53 bits per heavy atom. The minimum Gasteiger partial charge on any atom is -0.504 e. The lowest BCUT2D eigenvalue weighted by Crippen LogP contribution is -1.95. The van der Waals surface area contributed by atoms with Gasteiger partial charge in [-0.15, -0.1) is 0 Å². The number of benzene rings is 2. The minimum absolute atomic E-state index is 0.135. The van der Waals surface area contributed by atoms with E-state index < -0.39 is 0 Å². The van der Waals surface area contributed by atoms with Crippen molar-refractivity contribution in [1.29, 1.82) is 0 Å². The van der Waals surface area contributed by atoms with Crippen molar-refractivity contribution in [1.82, 2.24) is 0 Å². The molecular weight excluding hydrogens is 216 g/mol. The zero-order valence-corrected chi connectivity index (χ0v) is 9.59. The third-order valence-electron chi connectivity index (χ3n) is 2.39. The van der Waals surface area contributed by atoms with Gasteiger partial charge in [0.05, 0.1) is 7.11 Å². The van der Waals surface area contributed by atoms with Gasteiger partial charge in [-0.25, -0.2) is 0 Å². The molecule has 0 fully saturated rings. The minimum atomic E-state index is 0.135. The Hall–Kier alpha value is -2.16. The third-order valence-corrected chi connectivity index (χ3v) is 2.39. The van der Waals surface area contributed by atoms with E-state index in [1.807, 2.05) is 30.3 Å². The van der Waals surface area contributed by atoms with Crippen LogP contribution in [0.4, 0.5) is 0 Å². The van der Waals surface area contributed by atoms with Crippen LogP contribution in [0.25, 0.3) is 0 Å². The van der Waals surface area contributed by atoms with Gasteiger partial charge >= 0.3 is 0 Å². The first-order valence-corrected chi connectivity index (χ1v) is 5.33. The fourth-order valence-corrected chi connectivity index (χ4v) is 1.50. The molecule has 2 aromatic rings. The number of para-hydroxylation sites is 1. The average molecular weight is 230 g/mol. The lowest BCUT2D eigenvalue weighted by molar-refractivity contribution is 0.304. The van der Waals surface area contributed by atoms with Gasteiger partial charge in [-0.05, 0) is 29.8 Å². The van der Waals surface area contributed by atoms with Gasteiger partial charge in [0.2, 0.25) is 0 Å². The molecule has 1 N–H and O–H groups in total. The van der Waals surface area contributed by atoms with Gasteiger partial charge in [0.25, 0.3) is 0 Å². The number of hydrogen-bond donors (Lipinski definition) is 1. The zero-order valence-electron chi connectivity index (χ0n) is 9.59. The fourth-order valence-electron chi connectivity index (χ4n) is 1.50. The molecule has 0 atom stereocenters. The quantitative estimate of drug-likeness (QED) is 0.877. The maximum atomic E-state index is 9.45. The van der Waals surface area contributed by atoms with Crippen molar-refractivity contribution in [2.45, 2.75) is 6.61 Å². The van der Waals surface area contributed by atoms with Gasteiger partial charge in [0.1, 0.15) is 12.4 Å². The summed E-state index contributed by atoms with van der Waals surface area (Å²) < 4.78 is 10.6. The first-order valence-electron chi connectivity index (χ1n) is 5.33. The van der Waals surface area contributed by atoms with Crippen LogP contribution in [0.2, 0.25) is 0 Å². The predicted octanol–water partition coefficient (Wildman–Crippen LogP) is 2.98. The van der Waals surface area contributed by atoms with Gasteiger partial charge in [0.15, 0.2) is 11.5 Å². The number of aromatic hydroxyl groups is 1. The molecule has 0 spiro atoms. The van der Waals surface area contributed by atoms with Crippen LogP contribution in [0.3, 0.4) is 0 Å². The Balaban J connectivity index is 2.04. The van der Waals surface area contributed by atoms with Crippen LogP contribution in [0.5, 0.6) is 17.2 Å². The molecule has 3 nitrogen and oxygen atoms in total. The lowest BCUT2D eigenvalue weighted by atomic mass is 10.2. The van der Waals surface area contributed by atoms with E-state index in [0.29, 0.717) is 12.4 Å². The van der Waals surface area contributed by atoms with Crippen molar-refractivity contribution in [2.24, 2.45) is 0 Å². The Labute approximate surface area is 100 Å². The van der Waals surface area contributed by atoms with Gasteiger partial charge in [-0.1, -0.05) is 24.3 Å². The summed E-state index contributed by atoms with van der Waals surface area (Å²) in [7, 11) is 1.52. The molecule has 0 unspecified atom stereocenters. The molecule has 0 saturated carbocycles. The van der Waals surface area contributed by atoms with E-state index in [-0.39, 0.29) is 5.75 Å². The highest BCUT2D eigenvalue weighted by Crippen LogP contribution is 2.26. The number of ether oxygens (including phenoxy) is 2. The first-order chi connectivity index (χ1) is 8.29. The Morgan fingerprint density at radius 2 is 1.82 bits per heavy atom. The second-order valence-electron chi connectivity index (χ2n) is 3.61. The van der Waals surface area contributed by atoms with Crippen molar-refractivity contribution < 1.29 is 14.6 Å². The molecule has 0 aliphatic heterocycles. The highest BCUT2D eigenvalue weighted by molar-refractivity contribution is 5.41. The SMILES string of the molecule is COc1cc(COc2ccccc2)ccc1O. The Bertz CT molecular complexity index is 480. The molecule has 0 radical (unpaired) electrons. The Kier molecular flexibility index (Phi) is 3.50. The van der Waals surface area contributed by atoms with Crippen LogP contribution in [0.1, 0.15) is 5.56 Å². The number of rotatable bonds is 4. The van der Waals surface area contributed by atoms with Crippen LogP contribution >= 0.6 is 0 Å². The average Bonchev–Trinajstić information content (AvgIpc) is 2.39. The largest absolute Gasteiger partial charge is 0.504 e. The van der Waals surface area contributed by atoms with Gasteiger partial charge in [-0.3, -0.25) is 0 Å². The molecule has 0 aliphatic rings. The molecule has 3 heteroatoms. The standard InChI is InChI=1S/C14H14O3/c1-16-14-9-11(7-8-13(14)15)10-17-12-5-3-2-4-6-12/h2-9,15H,10H2,1H3. The van der Waals surface area contributed by atoms with Crippen LogP contribution in [-0.4, -0.2) is 12.2 Å². The molecule has 0 aromatic heterocycles. The van der Waals surface area contributed by atoms with Gasteiger partial charge in [-0.2, -0.15) is 0 Å². The summed E-state index contributed by atoms with van der Waals surface area (Å²) in [6.07, 6.45) is 0. The first kappa shape index (κ1) is 11.3. The third kappa shape index (κ3) is 2.91. The van der Waals surface area contributed by atoms with Crippen molar-refractivity contribution >= 4 is 0 Å². The highest BCUT2D eigenvalue weighted by Gasteiger charge is 2.03. The number of phenols is 1. The molecule has 0 aliphatic carbocycles. The molecule has 88 valence electrons. The number of methoxy groups -OCH3 is 1. The maximum absolute atomic E-state index is 9.45. The summed E-state index contributed by atoms with van der Waals surface area (Å²) in [5.74, 6) is 1.41. The van der Waals surface area contributed by atoms with E-state index in [1.165, 1.54) is 7.11 Å². The number of phenolic OH excluding ortho intramolecular Hbond substituents is 1. The van der Waals surface area contributed by atoms with Crippen molar-refractivity contribution in [3.63, 3.8) is 0 Å². The van der Waals surface area contributed by atoms with E-state index in [4.69, 9.17) is 9.47 Å².